The number of benzene rings is 2. The molecule has 0 unspecified atom stereocenters. The van der Waals surface area contributed by atoms with Crippen molar-refractivity contribution in [2.45, 2.75) is 45.3 Å². The fourth-order valence-corrected chi connectivity index (χ4v) is 6.10. The highest BCUT2D eigenvalue weighted by atomic mass is 79.9. The van der Waals surface area contributed by atoms with Crippen LogP contribution in [0.1, 0.15) is 33.4 Å². The number of ether oxygens (including phenoxy) is 2. The van der Waals surface area contributed by atoms with Gasteiger partial charge in [0.05, 0.1) is 29.3 Å². The van der Waals surface area contributed by atoms with Gasteiger partial charge in [0.1, 0.15) is 0 Å². The molecule has 0 saturated carbocycles. The normalized spacial score (nSPS) is 11.5. The van der Waals surface area contributed by atoms with Gasteiger partial charge >= 0.3 is 0 Å². The Balaban J connectivity index is 2.62. The first-order chi connectivity index (χ1) is 12.1. The number of hydrogen-bond donors (Lipinski definition) is 0. The largest absolute Gasteiger partial charge is 0.493 e. The Bertz CT molecular complexity index is 934. The molecule has 142 valence electrons. The lowest BCUT2D eigenvalue weighted by molar-refractivity contribution is 0.352. The van der Waals surface area contributed by atoms with E-state index in [4.69, 9.17) is 9.47 Å². The van der Waals surface area contributed by atoms with E-state index >= 15 is 0 Å². The molecule has 0 atom stereocenters. The summed E-state index contributed by atoms with van der Waals surface area (Å²) in [4.78, 5) is 0.430. The summed E-state index contributed by atoms with van der Waals surface area (Å²) >= 11 is 3.47. The van der Waals surface area contributed by atoms with Crippen LogP contribution in [0.3, 0.4) is 0 Å². The van der Waals surface area contributed by atoms with Crippen LogP contribution in [0.15, 0.2) is 21.5 Å². The minimum Gasteiger partial charge on any atom is -0.493 e. The van der Waals surface area contributed by atoms with Gasteiger partial charge in [-0.3, -0.25) is 0 Å². The lowest BCUT2D eigenvalue weighted by Gasteiger charge is -2.19. The molecule has 0 radical (unpaired) electrons. The van der Waals surface area contributed by atoms with Crippen LogP contribution >= 0.6 is 15.9 Å². The van der Waals surface area contributed by atoms with Crippen LogP contribution < -0.4 is 9.47 Å². The average Bonchev–Trinajstić information content (AvgIpc) is 2.59. The van der Waals surface area contributed by atoms with Gasteiger partial charge in [-0.25, -0.2) is 8.42 Å². The molecule has 0 spiro atoms. The van der Waals surface area contributed by atoms with Crippen molar-refractivity contribution < 1.29 is 17.9 Å². The third kappa shape index (κ3) is 3.49. The molecule has 0 bridgehead atoms. The molecule has 0 saturated heterocycles. The summed E-state index contributed by atoms with van der Waals surface area (Å²) in [6, 6.07) is 3.47. The third-order valence-corrected chi connectivity index (χ3v) is 7.95. The molecule has 0 N–H and O–H groups in total. The first kappa shape index (κ1) is 20.8. The quantitative estimate of drug-likeness (QED) is 0.657. The van der Waals surface area contributed by atoms with Crippen molar-refractivity contribution in [2.75, 3.05) is 14.2 Å². The van der Waals surface area contributed by atoms with Crippen LogP contribution in [0, 0.1) is 34.6 Å². The van der Waals surface area contributed by atoms with E-state index in [1.54, 1.807) is 19.2 Å². The molecular weight excluding hydrogens is 416 g/mol. The highest BCUT2D eigenvalue weighted by Crippen LogP contribution is 2.39. The van der Waals surface area contributed by atoms with Gasteiger partial charge < -0.3 is 9.47 Å². The molecule has 26 heavy (non-hydrogen) atoms. The van der Waals surface area contributed by atoms with Crippen LogP contribution in [0.25, 0.3) is 0 Å². The first-order valence-corrected chi connectivity index (χ1v) is 10.7. The summed E-state index contributed by atoms with van der Waals surface area (Å²) in [5, 5.41) is 0. The van der Waals surface area contributed by atoms with E-state index in [2.05, 4.69) is 15.9 Å². The number of hydrogen-bond acceptors (Lipinski definition) is 4. The smallest absolute Gasteiger partial charge is 0.183 e. The highest BCUT2D eigenvalue weighted by Gasteiger charge is 2.26. The Morgan fingerprint density at radius 3 is 1.81 bits per heavy atom. The van der Waals surface area contributed by atoms with Crippen molar-refractivity contribution >= 4 is 25.8 Å². The fraction of sp³-hybridized carbons (Fsp3) is 0.400. The van der Waals surface area contributed by atoms with Crippen molar-refractivity contribution in [1.82, 2.24) is 0 Å². The van der Waals surface area contributed by atoms with Gasteiger partial charge in [-0.1, -0.05) is 6.07 Å². The standard InChI is InChI=1S/C20H25BrO4S/c1-11-12(2)14(4)20(15(5)13(11)3)26(22,23)10-16-8-9-17(24-6)19(25-7)18(16)21/h8-9H,10H2,1-7H3. The summed E-state index contributed by atoms with van der Waals surface area (Å²) < 4.78 is 37.8. The van der Waals surface area contributed by atoms with Crippen molar-refractivity contribution in [2.24, 2.45) is 0 Å². The van der Waals surface area contributed by atoms with E-state index in [-0.39, 0.29) is 5.75 Å². The molecule has 0 aliphatic rings. The molecular formula is C20H25BrO4S. The molecule has 2 rings (SSSR count). The third-order valence-electron chi connectivity index (χ3n) is 5.15. The number of rotatable bonds is 5. The maximum Gasteiger partial charge on any atom is 0.183 e. The number of methoxy groups -OCH3 is 2. The van der Waals surface area contributed by atoms with Gasteiger partial charge in [0.25, 0.3) is 0 Å². The monoisotopic (exact) mass is 440 g/mol. The molecule has 0 aromatic heterocycles. The minimum atomic E-state index is -3.53. The summed E-state index contributed by atoms with van der Waals surface area (Å²) in [5.41, 5.74) is 5.48. The second-order valence-corrected chi connectivity index (χ2v) is 9.21. The number of halogens is 1. The van der Waals surface area contributed by atoms with Gasteiger partial charge in [-0.15, -0.1) is 0 Å². The lowest BCUT2D eigenvalue weighted by Crippen LogP contribution is -2.12. The maximum atomic E-state index is 13.3. The van der Waals surface area contributed by atoms with Crippen LogP contribution in [0.2, 0.25) is 0 Å². The molecule has 0 aliphatic heterocycles. The van der Waals surface area contributed by atoms with E-state index in [0.717, 1.165) is 27.8 Å². The van der Waals surface area contributed by atoms with Crippen molar-refractivity contribution in [3.63, 3.8) is 0 Å². The predicted molar refractivity (Wildman–Crippen MR) is 108 cm³/mol. The van der Waals surface area contributed by atoms with Crippen LogP contribution in [-0.4, -0.2) is 22.6 Å². The number of sulfone groups is 1. The summed E-state index contributed by atoms with van der Waals surface area (Å²) in [6.07, 6.45) is 0. The molecule has 0 heterocycles. The second-order valence-electron chi connectivity index (χ2n) is 6.49. The minimum absolute atomic E-state index is 0.114. The van der Waals surface area contributed by atoms with E-state index < -0.39 is 9.84 Å². The van der Waals surface area contributed by atoms with Crippen LogP contribution in [0.5, 0.6) is 11.5 Å². The first-order valence-electron chi connectivity index (χ1n) is 8.25. The van der Waals surface area contributed by atoms with E-state index in [9.17, 15) is 8.42 Å². The molecule has 4 nitrogen and oxygen atoms in total. The molecule has 0 aliphatic carbocycles. The van der Waals surface area contributed by atoms with Crippen LogP contribution in [-0.2, 0) is 15.6 Å². The van der Waals surface area contributed by atoms with Crippen LogP contribution in [0.4, 0.5) is 0 Å². The predicted octanol–water partition coefficient (Wildman–Crippen LogP) is 4.98. The van der Waals surface area contributed by atoms with Gasteiger partial charge in [0.15, 0.2) is 21.3 Å². The molecule has 6 heteroatoms. The molecule has 0 fully saturated rings. The summed E-state index contributed by atoms with van der Waals surface area (Å²) in [5.74, 6) is 0.928. The molecule has 2 aromatic rings. The van der Waals surface area contributed by atoms with Gasteiger partial charge in [-0.05, 0) is 90.0 Å². The zero-order chi connectivity index (χ0) is 19.8. The Morgan fingerprint density at radius 2 is 1.35 bits per heavy atom. The zero-order valence-electron chi connectivity index (χ0n) is 16.3. The topological polar surface area (TPSA) is 52.6 Å². The molecule has 0 amide bonds. The second kappa shape index (κ2) is 7.61. The van der Waals surface area contributed by atoms with Gasteiger partial charge in [-0.2, -0.15) is 0 Å². The zero-order valence-corrected chi connectivity index (χ0v) is 18.7. The van der Waals surface area contributed by atoms with E-state index in [1.807, 2.05) is 34.6 Å². The fourth-order valence-electron chi connectivity index (χ4n) is 3.25. The SMILES string of the molecule is COc1ccc(CS(=O)(=O)c2c(C)c(C)c(C)c(C)c2C)c(Br)c1OC. The summed E-state index contributed by atoms with van der Waals surface area (Å²) in [7, 11) is -0.453. The lowest BCUT2D eigenvalue weighted by atomic mass is 9.95. The van der Waals surface area contributed by atoms with E-state index in [0.29, 0.717) is 26.4 Å². The molecule has 2 aromatic carbocycles. The van der Waals surface area contributed by atoms with Crippen molar-refractivity contribution in [3.05, 3.63) is 50.0 Å². The average molecular weight is 441 g/mol. The van der Waals surface area contributed by atoms with Gasteiger partial charge in [0, 0.05) is 0 Å². The highest BCUT2D eigenvalue weighted by molar-refractivity contribution is 9.10. The summed E-state index contributed by atoms with van der Waals surface area (Å²) in [6.45, 7) is 9.74. The Hall–Kier alpha value is -1.53. The Labute approximate surface area is 164 Å². The van der Waals surface area contributed by atoms with E-state index in [1.165, 1.54) is 7.11 Å². The Morgan fingerprint density at radius 1 is 0.846 bits per heavy atom. The van der Waals surface area contributed by atoms with Crippen molar-refractivity contribution in [1.29, 1.82) is 0 Å². The Kier molecular flexibility index (Phi) is 6.08. The maximum absolute atomic E-state index is 13.3. The van der Waals surface area contributed by atoms with Gasteiger partial charge in [0.2, 0.25) is 0 Å². The van der Waals surface area contributed by atoms with Crippen molar-refractivity contribution in [3.8, 4) is 11.5 Å².